The van der Waals surface area contributed by atoms with Gasteiger partial charge < -0.3 is 9.88 Å². The van der Waals surface area contributed by atoms with E-state index in [9.17, 15) is 24.5 Å². The number of carbonyl (C=O) groups is 1. The molecule has 3 rings (SSSR count). The lowest BCUT2D eigenvalue weighted by atomic mass is 10.1. The minimum Gasteiger partial charge on any atom is -0.323 e. The van der Waals surface area contributed by atoms with Gasteiger partial charge in [0.15, 0.2) is 0 Å². The number of fused-ring (bicyclic) bond motifs is 1. The Bertz CT molecular complexity index is 1160. The van der Waals surface area contributed by atoms with E-state index >= 15 is 0 Å². The zero-order chi connectivity index (χ0) is 19.7. The molecule has 2 aromatic carbocycles. The zero-order valence-electron chi connectivity index (χ0n) is 14.6. The summed E-state index contributed by atoms with van der Waals surface area (Å²) in [4.78, 5) is 51.2. The number of nitrogens with zero attached hydrogens (tertiary/aromatic N) is 3. The van der Waals surface area contributed by atoms with Gasteiger partial charge in [0.05, 0.1) is 16.0 Å². The molecule has 1 N–H and O–H groups in total. The van der Waals surface area contributed by atoms with Crippen LogP contribution in [0, 0.1) is 17.0 Å². The lowest BCUT2D eigenvalue weighted by Gasteiger charge is -2.20. The molecule has 9 heteroatoms. The average Bonchev–Trinajstić information content (AvgIpc) is 2.64. The molecule has 0 aliphatic rings. The molecule has 0 saturated heterocycles. The largest absolute Gasteiger partial charge is 0.323 e. The summed E-state index contributed by atoms with van der Waals surface area (Å²) in [6.45, 7) is 1.31. The van der Waals surface area contributed by atoms with Crippen molar-refractivity contribution in [2.24, 2.45) is 0 Å². The Kier molecular flexibility index (Phi) is 4.59. The number of hydrogen-bond acceptors (Lipinski definition) is 5. The first kappa shape index (κ1) is 18.1. The van der Waals surface area contributed by atoms with Gasteiger partial charge in [-0.05, 0) is 25.1 Å². The smallest absolute Gasteiger partial charge is 0.318 e. The van der Waals surface area contributed by atoms with Crippen molar-refractivity contribution < 1.29 is 9.72 Å². The first-order valence-electron chi connectivity index (χ1n) is 8.02. The lowest BCUT2D eigenvalue weighted by Crippen LogP contribution is -2.41. The molecule has 0 spiro atoms. The molecule has 0 radical (unpaired) electrons. The number of amides is 1. The van der Waals surface area contributed by atoms with Crippen molar-refractivity contribution in [1.29, 1.82) is 0 Å². The molecule has 0 fully saturated rings. The average molecular weight is 368 g/mol. The number of aromatic amines is 1. The summed E-state index contributed by atoms with van der Waals surface area (Å²) in [5, 5.41) is 11.2. The van der Waals surface area contributed by atoms with Gasteiger partial charge in [0.25, 0.3) is 11.6 Å². The van der Waals surface area contributed by atoms with E-state index in [1.165, 1.54) is 31.0 Å². The fraction of sp³-hybridized carbons (Fsp3) is 0.167. The molecule has 0 atom stereocenters. The van der Waals surface area contributed by atoms with Crippen molar-refractivity contribution in [3.8, 4) is 0 Å². The van der Waals surface area contributed by atoms with Crippen LogP contribution in [-0.4, -0.2) is 32.3 Å². The third-order valence-electron chi connectivity index (χ3n) is 4.21. The summed E-state index contributed by atoms with van der Waals surface area (Å²) in [5.41, 5.74) is -0.719. The van der Waals surface area contributed by atoms with E-state index in [2.05, 4.69) is 4.98 Å². The summed E-state index contributed by atoms with van der Waals surface area (Å²) in [6.07, 6.45) is 0. The van der Waals surface area contributed by atoms with Gasteiger partial charge in [-0.15, -0.1) is 0 Å². The molecule has 0 aliphatic heterocycles. The van der Waals surface area contributed by atoms with E-state index in [-0.39, 0.29) is 29.3 Å². The topological polar surface area (TPSA) is 118 Å². The number of hydrogen-bond donors (Lipinski definition) is 1. The van der Waals surface area contributed by atoms with Crippen LogP contribution in [0.4, 0.5) is 5.69 Å². The van der Waals surface area contributed by atoms with Crippen LogP contribution in [0.25, 0.3) is 11.0 Å². The minimum absolute atomic E-state index is 0.171. The van der Waals surface area contributed by atoms with Gasteiger partial charge in [-0.1, -0.05) is 18.2 Å². The summed E-state index contributed by atoms with van der Waals surface area (Å²) in [5.74, 6) is -0.349. The summed E-state index contributed by atoms with van der Waals surface area (Å²) < 4.78 is 1.06. The van der Waals surface area contributed by atoms with Crippen molar-refractivity contribution in [3.05, 3.63) is 84.4 Å². The molecule has 1 amide bonds. The predicted molar refractivity (Wildman–Crippen MR) is 98.8 cm³/mol. The first-order valence-corrected chi connectivity index (χ1v) is 8.02. The van der Waals surface area contributed by atoms with Gasteiger partial charge in [-0.3, -0.25) is 29.1 Å². The molecular formula is C18H16N4O5. The van der Waals surface area contributed by atoms with Gasteiger partial charge in [0.2, 0.25) is 0 Å². The Hall–Kier alpha value is -3.75. The van der Waals surface area contributed by atoms with Crippen molar-refractivity contribution in [2.75, 3.05) is 7.05 Å². The summed E-state index contributed by atoms with van der Waals surface area (Å²) >= 11 is 0. The second-order valence-corrected chi connectivity index (χ2v) is 6.11. The molecular weight excluding hydrogens is 352 g/mol. The molecule has 0 saturated carbocycles. The molecule has 1 heterocycles. The minimum atomic E-state index is -0.895. The zero-order valence-corrected chi connectivity index (χ0v) is 14.6. The van der Waals surface area contributed by atoms with Crippen LogP contribution in [0.2, 0.25) is 0 Å². The summed E-state index contributed by atoms with van der Waals surface area (Å²) in [7, 11) is 1.48. The molecule has 9 nitrogen and oxygen atoms in total. The number of benzene rings is 2. The Balaban J connectivity index is 2.12. The van der Waals surface area contributed by atoms with Crippen molar-refractivity contribution >= 4 is 22.6 Å². The van der Waals surface area contributed by atoms with Crippen molar-refractivity contribution in [1.82, 2.24) is 14.5 Å². The molecule has 138 valence electrons. The van der Waals surface area contributed by atoms with Crippen LogP contribution >= 0.6 is 0 Å². The van der Waals surface area contributed by atoms with Gasteiger partial charge in [-0.25, -0.2) is 0 Å². The number of nitro groups is 1. The SMILES string of the molecule is Cc1cc2[nH]c(=O)c(=O)n(CN(C)C(=O)c3ccccc3)c2cc1[N+](=O)[O-]. The fourth-order valence-corrected chi connectivity index (χ4v) is 2.83. The lowest BCUT2D eigenvalue weighted by molar-refractivity contribution is -0.385. The van der Waals surface area contributed by atoms with E-state index in [1.54, 1.807) is 30.3 Å². The van der Waals surface area contributed by atoms with E-state index in [0.717, 1.165) is 4.57 Å². The first-order chi connectivity index (χ1) is 12.8. The van der Waals surface area contributed by atoms with Crippen LogP contribution < -0.4 is 11.1 Å². The molecule has 3 aromatic rings. The van der Waals surface area contributed by atoms with Gasteiger partial charge in [0, 0.05) is 24.2 Å². The summed E-state index contributed by atoms with van der Waals surface area (Å²) in [6, 6.07) is 11.1. The number of aromatic nitrogens is 2. The number of nitrogens with one attached hydrogen (secondary N) is 1. The molecule has 0 unspecified atom stereocenters. The molecule has 0 bridgehead atoms. The van der Waals surface area contributed by atoms with Crippen LogP contribution in [-0.2, 0) is 6.67 Å². The second kappa shape index (κ2) is 6.87. The van der Waals surface area contributed by atoms with Crippen LogP contribution in [0.1, 0.15) is 15.9 Å². The highest BCUT2D eigenvalue weighted by Crippen LogP contribution is 2.23. The predicted octanol–water partition coefficient (Wildman–Crippen LogP) is 1.64. The Morgan fingerprint density at radius 1 is 1.22 bits per heavy atom. The number of H-pyrrole nitrogens is 1. The normalized spacial score (nSPS) is 10.7. The fourth-order valence-electron chi connectivity index (χ4n) is 2.83. The van der Waals surface area contributed by atoms with E-state index in [1.807, 2.05) is 0 Å². The van der Waals surface area contributed by atoms with E-state index in [0.29, 0.717) is 11.1 Å². The highest BCUT2D eigenvalue weighted by atomic mass is 16.6. The van der Waals surface area contributed by atoms with E-state index in [4.69, 9.17) is 0 Å². The molecule has 0 aliphatic carbocycles. The maximum absolute atomic E-state index is 12.5. The van der Waals surface area contributed by atoms with Gasteiger partial charge in [-0.2, -0.15) is 0 Å². The monoisotopic (exact) mass is 368 g/mol. The number of aryl methyl sites for hydroxylation is 1. The maximum atomic E-state index is 12.5. The molecule has 1 aromatic heterocycles. The van der Waals surface area contributed by atoms with Crippen LogP contribution in [0.15, 0.2) is 52.1 Å². The second-order valence-electron chi connectivity index (χ2n) is 6.11. The highest BCUT2D eigenvalue weighted by Gasteiger charge is 2.18. The third-order valence-corrected chi connectivity index (χ3v) is 4.21. The number of nitro benzene ring substituents is 1. The Morgan fingerprint density at radius 2 is 1.89 bits per heavy atom. The number of carbonyl (C=O) groups excluding carboxylic acids is 1. The maximum Gasteiger partial charge on any atom is 0.318 e. The van der Waals surface area contributed by atoms with Crippen LogP contribution in [0.5, 0.6) is 0 Å². The molecule has 27 heavy (non-hydrogen) atoms. The van der Waals surface area contributed by atoms with Crippen molar-refractivity contribution in [3.63, 3.8) is 0 Å². The van der Waals surface area contributed by atoms with Gasteiger partial charge in [0.1, 0.15) is 6.67 Å². The highest BCUT2D eigenvalue weighted by molar-refractivity contribution is 5.93. The Morgan fingerprint density at radius 3 is 2.52 bits per heavy atom. The van der Waals surface area contributed by atoms with Crippen LogP contribution in [0.3, 0.4) is 0 Å². The quantitative estimate of drug-likeness (QED) is 0.427. The number of rotatable bonds is 4. The third kappa shape index (κ3) is 3.34. The van der Waals surface area contributed by atoms with Crippen molar-refractivity contribution in [2.45, 2.75) is 13.6 Å². The van der Waals surface area contributed by atoms with Gasteiger partial charge >= 0.3 is 11.1 Å². The standard InChI is InChI=1S/C18H16N4O5/c1-11-8-13-15(9-14(11)22(26)27)21(18(25)16(23)19-13)10-20(2)17(24)12-6-4-3-5-7-12/h3-9H,10H2,1-2H3,(H,19,23). The van der Waals surface area contributed by atoms with E-state index < -0.39 is 16.0 Å². The Labute approximate surface area is 152 Å².